The molecule has 122 valence electrons. The molecule has 0 aliphatic rings. The quantitative estimate of drug-likeness (QED) is 0.858. The van der Waals surface area contributed by atoms with Gasteiger partial charge in [0.2, 0.25) is 5.91 Å². The highest BCUT2D eigenvalue weighted by molar-refractivity contribution is 5.88. The van der Waals surface area contributed by atoms with Crippen LogP contribution in [0, 0.1) is 18.7 Å². The first-order chi connectivity index (χ1) is 10.9. The zero-order chi connectivity index (χ0) is 17.0. The summed E-state index contributed by atoms with van der Waals surface area (Å²) in [5, 5.41) is 11.6. The third kappa shape index (κ3) is 4.42. The van der Waals surface area contributed by atoms with Crippen molar-refractivity contribution in [3.8, 4) is 0 Å². The fourth-order valence-corrected chi connectivity index (χ4v) is 2.30. The van der Waals surface area contributed by atoms with Gasteiger partial charge >= 0.3 is 5.97 Å². The van der Waals surface area contributed by atoms with Gasteiger partial charge in [0.25, 0.3) is 0 Å². The molecule has 0 aliphatic carbocycles. The first kappa shape index (κ1) is 16.7. The van der Waals surface area contributed by atoms with E-state index in [1.807, 2.05) is 0 Å². The number of aromatic carboxylic acids is 1. The summed E-state index contributed by atoms with van der Waals surface area (Å²) in [5.74, 6) is -1.27. The van der Waals surface area contributed by atoms with Crippen molar-refractivity contribution in [3.63, 3.8) is 0 Å². The van der Waals surface area contributed by atoms with E-state index in [0.29, 0.717) is 17.9 Å². The average Bonchev–Trinajstić information content (AvgIpc) is 2.86. The van der Waals surface area contributed by atoms with E-state index in [1.54, 1.807) is 26.0 Å². The second-order valence-electron chi connectivity index (χ2n) is 5.44. The van der Waals surface area contributed by atoms with E-state index in [2.05, 4.69) is 5.32 Å². The lowest BCUT2D eigenvalue weighted by atomic mass is 10.0. The molecule has 1 heterocycles. The van der Waals surface area contributed by atoms with Gasteiger partial charge in [0, 0.05) is 5.92 Å². The smallest absolute Gasteiger partial charge is 0.339 e. The maximum absolute atomic E-state index is 13.1. The normalized spacial score (nSPS) is 12.0. The van der Waals surface area contributed by atoms with Crippen LogP contribution in [0.15, 0.2) is 34.7 Å². The largest absolute Gasteiger partial charge is 0.478 e. The number of hydrogen-bond acceptors (Lipinski definition) is 3. The van der Waals surface area contributed by atoms with Crippen molar-refractivity contribution in [3.05, 3.63) is 58.8 Å². The molecule has 6 heteroatoms. The Morgan fingerprint density at radius 3 is 2.70 bits per heavy atom. The molecular formula is C17H18FNO4. The van der Waals surface area contributed by atoms with Crippen LogP contribution < -0.4 is 5.32 Å². The summed E-state index contributed by atoms with van der Waals surface area (Å²) < 4.78 is 18.4. The van der Waals surface area contributed by atoms with Gasteiger partial charge in [-0.1, -0.05) is 19.1 Å². The van der Waals surface area contributed by atoms with Crippen LogP contribution in [0.4, 0.5) is 4.39 Å². The molecular weight excluding hydrogens is 301 g/mol. The summed E-state index contributed by atoms with van der Waals surface area (Å²) in [6, 6.07) is 7.53. The Kier molecular flexibility index (Phi) is 5.16. The van der Waals surface area contributed by atoms with Crippen LogP contribution in [0.25, 0.3) is 0 Å². The molecule has 1 aromatic carbocycles. The van der Waals surface area contributed by atoms with Gasteiger partial charge in [-0.05, 0) is 37.1 Å². The van der Waals surface area contributed by atoms with E-state index in [4.69, 9.17) is 9.52 Å². The Morgan fingerprint density at radius 2 is 2.09 bits per heavy atom. The van der Waals surface area contributed by atoms with Crippen molar-refractivity contribution in [1.29, 1.82) is 0 Å². The maximum Gasteiger partial charge on any atom is 0.339 e. The second kappa shape index (κ2) is 7.09. The lowest BCUT2D eigenvalue weighted by molar-refractivity contribution is -0.124. The molecule has 5 nitrogen and oxygen atoms in total. The van der Waals surface area contributed by atoms with Gasteiger partial charge in [0.05, 0.1) is 6.54 Å². The van der Waals surface area contributed by atoms with E-state index in [1.165, 1.54) is 18.2 Å². The average molecular weight is 319 g/mol. The third-order valence-corrected chi connectivity index (χ3v) is 3.51. The summed E-state index contributed by atoms with van der Waals surface area (Å²) in [4.78, 5) is 23.0. The summed E-state index contributed by atoms with van der Waals surface area (Å²) in [7, 11) is 0. The number of benzene rings is 1. The molecule has 1 unspecified atom stereocenters. The van der Waals surface area contributed by atoms with Crippen LogP contribution >= 0.6 is 0 Å². The highest BCUT2D eigenvalue weighted by Gasteiger charge is 2.17. The Labute approximate surface area is 133 Å². The molecule has 23 heavy (non-hydrogen) atoms. The van der Waals surface area contributed by atoms with Crippen LogP contribution in [0.5, 0.6) is 0 Å². The van der Waals surface area contributed by atoms with Crippen molar-refractivity contribution in [1.82, 2.24) is 5.32 Å². The SMILES string of the molecule is Cc1oc(CNC(=O)C(C)Cc2cccc(F)c2)cc1C(=O)O. The number of amides is 1. The van der Waals surface area contributed by atoms with Gasteiger partial charge in [-0.2, -0.15) is 0 Å². The van der Waals surface area contributed by atoms with Gasteiger partial charge in [-0.25, -0.2) is 9.18 Å². The molecule has 2 aromatic rings. The Morgan fingerprint density at radius 1 is 1.35 bits per heavy atom. The molecule has 0 spiro atoms. The number of nitrogens with one attached hydrogen (secondary N) is 1. The van der Waals surface area contributed by atoms with Crippen LogP contribution in [-0.2, 0) is 17.8 Å². The first-order valence-electron chi connectivity index (χ1n) is 7.21. The fourth-order valence-electron chi connectivity index (χ4n) is 2.30. The minimum atomic E-state index is -1.07. The number of rotatable bonds is 6. The molecule has 0 saturated heterocycles. The summed E-state index contributed by atoms with van der Waals surface area (Å²) >= 11 is 0. The molecule has 0 saturated carbocycles. The monoisotopic (exact) mass is 319 g/mol. The molecule has 1 aromatic heterocycles. The van der Waals surface area contributed by atoms with Gasteiger partial charge in [0.1, 0.15) is 22.9 Å². The lowest BCUT2D eigenvalue weighted by Gasteiger charge is -2.11. The number of furan rings is 1. The number of carbonyl (C=O) groups excluding carboxylic acids is 1. The molecule has 2 N–H and O–H groups in total. The second-order valence-corrected chi connectivity index (χ2v) is 5.44. The number of halogens is 1. The molecule has 1 atom stereocenters. The van der Waals surface area contributed by atoms with E-state index in [-0.39, 0.29) is 29.8 Å². The summed E-state index contributed by atoms with van der Waals surface area (Å²) in [6.07, 6.45) is 0.418. The number of carboxylic acids is 1. The predicted octanol–water partition coefficient (Wildman–Crippen LogP) is 2.92. The van der Waals surface area contributed by atoms with E-state index < -0.39 is 5.97 Å². The van der Waals surface area contributed by atoms with Crippen LogP contribution in [0.3, 0.4) is 0 Å². The standard InChI is InChI=1S/C17H18FNO4/c1-10(6-12-4-3-5-13(18)7-12)16(20)19-9-14-8-15(17(21)22)11(2)23-14/h3-5,7-8,10H,6,9H2,1-2H3,(H,19,20)(H,21,22). The molecule has 1 amide bonds. The summed E-state index contributed by atoms with van der Waals surface area (Å²) in [5.41, 5.74) is 0.830. The van der Waals surface area contributed by atoms with E-state index in [9.17, 15) is 14.0 Å². The topological polar surface area (TPSA) is 79.5 Å². The Hall–Kier alpha value is -2.63. The molecule has 0 fully saturated rings. The zero-order valence-corrected chi connectivity index (χ0v) is 12.9. The van der Waals surface area contributed by atoms with Crippen LogP contribution in [-0.4, -0.2) is 17.0 Å². The van der Waals surface area contributed by atoms with Crippen LogP contribution in [0.2, 0.25) is 0 Å². The molecule has 2 rings (SSSR count). The first-order valence-corrected chi connectivity index (χ1v) is 7.21. The Bertz CT molecular complexity index is 723. The minimum absolute atomic E-state index is 0.0852. The maximum atomic E-state index is 13.1. The molecule has 0 bridgehead atoms. The number of carbonyl (C=O) groups is 2. The number of aryl methyl sites for hydroxylation is 1. The van der Waals surface area contributed by atoms with Crippen molar-refractivity contribution in [2.24, 2.45) is 5.92 Å². The van der Waals surface area contributed by atoms with Gasteiger partial charge < -0.3 is 14.8 Å². The lowest BCUT2D eigenvalue weighted by Crippen LogP contribution is -2.29. The van der Waals surface area contributed by atoms with E-state index >= 15 is 0 Å². The summed E-state index contributed by atoms with van der Waals surface area (Å²) in [6.45, 7) is 3.41. The molecule has 0 aliphatic heterocycles. The van der Waals surface area contributed by atoms with Gasteiger partial charge in [0.15, 0.2) is 0 Å². The van der Waals surface area contributed by atoms with Crippen LogP contribution in [0.1, 0.15) is 34.4 Å². The van der Waals surface area contributed by atoms with Gasteiger partial charge in [-0.15, -0.1) is 0 Å². The van der Waals surface area contributed by atoms with Gasteiger partial charge in [-0.3, -0.25) is 4.79 Å². The predicted molar refractivity (Wildman–Crippen MR) is 81.5 cm³/mol. The fraction of sp³-hybridized carbons (Fsp3) is 0.294. The highest BCUT2D eigenvalue weighted by atomic mass is 19.1. The van der Waals surface area contributed by atoms with Crippen molar-refractivity contribution in [2.45, 2.75) is 26.8 Å². The zero-order valence-electron chi connectivity index (χ0n) is 12.9. The van der Waals surface area contributed by atoms with Crippen molar-refractivity contribution < 1.29 is 23.5 Å². The van der Waals surface area contributed by atoms with Crippen molar-refractivity contribution in [2.75, 3.05) is 0 Å². The molecule has 0 radical (unpaired) electrons. The highest BCUT2D eigenvalue weighted by Crippen LogP contribution is 2.15. The Balaban J connectivity index is 1.91. The minimum Gasteiger partial charge on any atom is -0.478 e. The third-order valence-electron chi connectivity index (χ3n) is 3.51. The van der Waals surface area contributed by atoms with E-state index in [0.717, 1.165) is 5.56 Å². The number of hydrogen-bond donors (Lipinski definition) is 2. The van der Waals surface area contributed by atoms with Crippen molar-refractivity contribution >= 4 is 11.9 Å². The number of carboxylic acid groups (broad SMARTS) is 1.